The topological polar surface area (TPSA) is 131 Å². The second kappa shape index (κ2) is 13.8. The minimum Gasteiger partial charge on any atom is -0.364 e. The van der Waals surface area contributed by atoms with E-state index in [1.54, 1.807) is 18.2 Å². The summed E-state index contributed by atoms with van der Waals surface area (Å²) < 4.78 is 25.9. The number of anilines is 2. The van der Waals surface area contributed by atoms with Gasteiger partial charge < -0.3 is 15.1 Å². The van der Waals surface area contributed by atoms with Crippen molar-refractivity contribution in [3.63, 3.8) is 0 Å². The molecule has 1 unspecified atom stereocenters. The molecule has 0 saturated carbocycles. The van der Waals surface area contributed by atoms with Crippen LogP contribution in [0.2, 0.25) is 0 Å². The average Bonchev–Trinajstić information content (AvgIpc) is 2.96. The molecular formula is C31H39N7O3S. The molecule has 11 heteroatoms. The van der Waals surface area contributed by atoms with Crippen molar-refractivity contribution in [3.8, 4) is 6.07 Å². The van der Waals surface area contributed by atoms with Crippen LogP contribution < -0.4 is 14.9 Å². The number of hydrogen-bond acceptors (Lipinski definition) is 8. The highest BCUT2D eigenvalue weighted by atomic mass is 32.2. The number of rotatable bonds is 11. The first kappa shape index (κ1) is 30.9. The third kappa shape index (κ3) is 8.27. The van der Waals surface area contributed by atoms with E-state index in [0.29, 0.717) is 47.3 Å². The van der Waals surface area contributed by atoms with Crippen LogP contribution >= 0.6 is 0 Å². The predicted octanol–water partition coefficient (Wildman–Crippen LogP) is 4.02. The molecule has 1 saturated heterocycles. The Kier molecular flexibility index (Phi) is 10.1. The summed E-state index contributed by atoms with van der Waals surface area (Å²) in [5.41, 5.74) is 5.11. The average molecular weight is 590 g/mol. The highest BCUT2D eigenvalue weighted by molar-refractivity contribution is 7.92. The maximum atomic E-state index is 12.7. The third-order valence-corrected chi connectivity index (χ3v) is 8.38. The van der Waals surface area contributed by atoms with E-state index in [2.05, 4.69) is 42.8 Å². The van der Waals surface area contributed by atoms with Crippen LogP contribution in [0, 0.1) is 25.2 Å². The molecule has 1 aromatic heterocycles. The highest BCUT2D eigenvalue weighted by Gasteiger charge is 2.27. The number of amides is 1. The number of nitriles is 1. The van der Waals surface area contributed by atoms with Crippen molar-refractivity contribution in [2.24, 2.45) is 0 Å². The van der Waals surface area contributed by atoms with Crippen molar-refractivity contribution in [1.29, 1.82) is 5.26 Å². The quantitative estimate of drug-likeness (QED) is 0.343. The summed E-state index contributed by atoms with van der Waals surface area (Å²) in [6, 6.07) is 17.9. The zero-order chi connectivity index (χ0) is 30.3. The van der Waals surface area contributed by atoms with Gasteiger partial charge >= 0.3 is 0 Å². The molecule has 2 N–H and O–H groups in total. The van der Waals surface area contributed by atoms with Gasteiger partial charge in [-0.1, -0.05) is 12.1 Å². The van der Waals surface area contributed by atoms with Gasteiger partial charge in [0.2, 0.25) is 10.0 Å². The number of sulfonamides is 1. The fourth-order valence-electron chi connectivity index (χ4n) is 5.53. The summed E-state index contributed by atoms with van der Waals surface area (Å²) >= 11 is 0. The number of carbonyl (C=O) groups excluding carboxylic acids is 1. The second-order valence-electron chi connectivity index (χ2n) is 10.9. The molecule has 3 aromatic rings. The Morgan fingerprint density at radius 1 is 1.12 bits per heavy atom. The van der Waals surface area contributed by atoms with Crippen LogP contribution in [0.5, 0.6) is 0 Å². The van der Waals surface area contributed by atoms with Crippen molar-refractivity contribution >= 4 is 27.3 Å². The van der Waals surface area contributed by atoms with Crippen LogP contribution in [0.3, 0.4) is 0 Å². The lowest BCUT2D eigenvalue weighted by atomic mass is 9.99. The van der Waals surface area contributed by atoms with Crippen LogP contribution in [-0.2, 0) is 16.6 Å². The molecule has 0 spiro atoms. The maximum Gasteiger partial charge on any atom is 0.254 e. The molecule has 1 atom stereocenters. The standard InChI is InChI=1S/C31H39N7O3S/c1-22(12-15-33-31(39)30-23(2)34-21-35-24(30)3)37-16-13-29(14-17-37)38(20-26-7-5-6-25(18-26)19-32)28-10-8-27(9-11-28)36-42(4,40)41/h5-11,18,21-22,29,36H,12-17,20H2,1-4H3,(H,33,39). The molecule has 0 bridgehead atoms. The number of piperidine rings is 1. The van der Waals surface area contributed by atoms with Crippen LogP contribution in [0.15, 0.2) is 54.9 Å². The number of nitrogens with zero attached hydrogens (tertiary/aromatic N) is 5. The molecule has 2 heterocycles. The fraction of sp³-hybridized carbons (Fsp3) is 0.419. The lowest BCUT2D eigenvalue weighted by Crippen LogP contribution is -2.48. The van der Waals surface area contributed by atoms with Crippen molar-refractivity contribution in [1.82, 2.24) is 20.2 Å². The Hall–Kier alpha value is -4.01. The van der Waals surface area contributed by atoms with Gasteiger partial charge in [-0.05, 0) is 82.0 Å². The summed E-state index contributed by atoms with van der Waals surface area (Å²) in [6.07, 6.45) is 5.36. The van der Waals surface area contributed by atoms with E-state index in [9.17, 15) is 18.5 Å². The van der Waals surface area contributed by atoms with E-state index in [0.717, 1.165) is 49.9 Å². The fourth-order valence-corrected chi connectivity index (χ4v) is 6.09. The van der Waals surface area contributed by atoms with E-state index in [1.165, 1.54) is 6.33 Å². The first-order valence-electron chi connectivity index (χ1n) is 14.2. The molecule has 2 aromatic carbocycles. The van der Waals surface area contributed by atoms with Crippen LogP contribution in [0.1, 0.15) is 59.1 Å². The summed E-state index contributed by atoms with van der Waals surface area (Å²) in [5, 5.41) is 12.4. The zero-order valence-electron chi connectivity index (χ0n) is 24.7. The van der Waals surface area contributed by atoms with Crippen molar-refractivity contribution < 1.29 is 13.2 Å². The molecule has 4 rings (SSSR count). The lowest BCUT2D eigenvalue weighted by molar-refractivity contribution is 0.0943. The largest absolute Gasteiger partial charge is 0.364 e. The first-order chi connectivity index (χ1) is 20.0. The van der Waals surface area contributed by atoms with Crippen LogP contribution in [0.25, 0.3) is 0 Å². The van der Waals surface area contributed by atoms with Gasteiger partial charge in [-0.25, -0.2) is 18.4 Å². The highest BCUT2D eigenvalue weighted by Crippen LogP contribution is 2.28. The van der Waals surface area contributed by atoms with Crippen molar-refractivity contribution in [2.45, 2.75) is 58.7 Å². The molecule has 0 radical (unpaired) electrons. The molecule has 1 aliphatic heterocycles. The van der Waals surface area contributed by atoms with Crippen molar-refractivity contribution in [2.75, 3.05) is 35.5 Å². The molecule has 42 heavy (non-hydrogen) atoms. The SMILES string of the molecule is Cc1ncnc(C)c1C(=O)NCCC(C)N1CCC(N(Cc2cccc(C#N)c2)c2ccc(NS(C)(=O)=O)cc2)CC1. The minimum atomic E-state index is -3.36. The normalized spacial score (nSPS) is 15.0. The van der Waals surface area contributed by atoms with Gasteiger partial charge in [0.05, 0.1) is 34.8 Å². The van der Waals surface area contributed by atoms with Gasteiger partial charge in [0, 0.05) is 49.6 Å². The van der Waals surface area contributed by atoms with Gasteiger partial charge in [-0.15, -0.1) is 0 Å². The van der Waals surface area contributed by atoms with Gasteiger partial charge in [-0.2, -0.15) is 5.26 Å². The van der Waals surface area contributed by atoms with Crippen LogP contribution in [-0.4, -0.2) is 67.2 Å². The van der Waals surface area contributed by atoms with Gasteiger partial charge in [0.25, 0.3) is 5.91 Å². The van der Waals surface area contributed by atoms with Gasteiger partial charge in [0.1, 0.15) is 6.33 Å². The van der Waals surface area contributed by atoms with Gasteiger partial charge in [-0.3, -0.25) is 9.52 Å². The number of nitrogens with one attached hydrogen (secondary N) is 2. The number of aryl methyl sites for hydroxylation is 2. The summed E-state index contributed by atoms with van der Waals surface area (Å²) in [4.78, 5) is 25.8. The second-order valence-corrected chi connectivity index (χ2v) is 12.7. The zero-order valence-corrected chi connectivity index (χ0v) is 25.5. The Bertz CT molecular complexity index is 1510. The van der Waals surface area contributed by atoms with Crippen LogP contribution in [0.4, 0.5) is 11.4 Å². The Morgan fingerprint density at radius 2 is 1.79 bits per heavy atom. The Balaban J connectivity index is 1.39. The van der Waals surface area contributed by atoms with Gasteiger partial charge in [0.15, 0.2) is 0 Å². The van der Waals surface area contributed by atoms with E-state index in [1.807, 2.05) is 44.2 Å². The molecule has 1 aliphatic rings. The summed E-state index contributed by atoms with van der Waals surface area (Å²) in [7, 11) is -3.36. The summed E-state index contributed by atoms with van der Waals surface area (Å²) in [5.74, 6) is -0.134. The van der Waals surface area contributed by atoms with E-state index in [4.69, 9.17) is 0 Å². The number of hydrogen-bond donors (Lipinski definition) is 2. The number of aromatic nitrogens is 2. The third-order valence-electron chi connectivity index (χ3n) is 7.78. The number of carbonyl (C=O) groups is 1. The molecule has 0 aliphatic carbocycles. The summed E-state index contributed by atoms with van der Waals surface area (Å²) in [6.45, 7) is 8.90. The molecule has 10 nitrogen and oxygen atoms in total. The molecule has 1 fully saturated rings. The molecular weight excluding hydrogens is 550 g/mol. The van der Waals surface area contributed by atoms with E-state index < -0.39 is 10.0 Å². The minimum absolute atomic E-state index is 0.134. The number of likely N-dealkylation sites (tertiary alicyclic amines) is 1. The smallest absolute Gasteiger partial charge is 0.254 e. The Labute approximate surface area is 248 Å². The molecule has 1 amide bonds. The molecule has 222 valence electrons. The predicted molar refractivity (Wildman–Crippen MR) is 165 cm³/mol. The number of benzene rings is 2. The maximum absolute atomic E-state index is 12.7. The van der Waals surface area contributed by atoms with Crippen molar-refractivity contribution in [3.05, 3.63) is 82.9 Å². The monoisotopic (exact) mass is 589 g/mol. The van der Waals surface area contributed by atoms with E-state index >= 15 is 0 Å². The first-order valence-corrected chi connectivity index (χ1v) is 16.1. The Morgan fingerprint density at radius 3 is 2.40 bits per heavy atom. The van der Waals surface area contributed by atoms with E-state index in [-0.39, 0.29) is 11.9 Å². The lowest BCUT2D eigenvalue weighted by Gasteiger charge is -2.42.